The number of aromatic nitrogens is 3. The van der Waals surface area contributed by atoms with Gasteiger partial charge in [0.15, 0.2) is 17.5 Å². The first-order valence-electron chi connectivity index (χ1n) is 10.4. The van der Waals surface area contributed by atoms with E-state index in [1.807, 2.05) is 4.90 Å². The van der Waals surface area contributed by atoms with Crippen LogP contribution in [0.5, 0.6) is 5.88 Å². The molecule has 3 aliphatic rings. The number of nitrogen functional groups attached to an aromatic ring is 1. The van der Waals surface area contributed by atoms with E-state index in [4.69, 9.17) is 25.0 Å². The molecule has 0 aromatic carbocycles. The molecule has 0 unspecified atom stereocenters. The molecule has 3 aliphatic heterocycles. The normalized spacial score (nSPS) is 18.9. The molecule has 2 N–H and O–H groups in total. The number of nitrogens with zero attached hydrogens (tertiary/aromatic N) is 5. The van der Waals surface area contributed by atoms with Crippen LogP contribution >= 0.6 is 0 Å². The third kappa shape index (κ3) is 3.42. The molecule has 5 rings (SSSR count). The van der Waals surface area contributed by atoms with Crippen molar-refractivity contribution in [3.8, 4) is 5.88 Å². The van der Waals surface area contributed by atoms with E-state index in [0.29, 0.717) is 57.4 Å². The Morgan fingerprint density at radius 3 is 2.87 bits per heavy atom. The number of carbonyl (C=O) groups is 1. The van der Waals surface area contributed by atoms with Crippen molar-refractivity contribution in [3.63, 3.8) is 0 Å². The number of ether oxygens (including phenoxy) is 3. The van der Waals surface area contributed by atoms with Crippen LogP contribution in [-0.4, -0.2) is 65.8 Å². The molecule has 1 fully saturated rings. The lowest BCUT2D eigenvalue weighted by atomic mass is 10.0. The number of amides is 1. The molecule has 31 heavy (non-hydrogen) atoms. The first kappa shape index (κ1) is 19.9. The van der Waals surface area contributed by atoms with Crippen LogP contribution in [0.15, 0.2) is 6.07 Å². The van der Waals surface area contributed by atoms with Gasteiger partial charge in [-0.2, -0.15) is 10.1 Å². The molecule has 0 bridgehead atoms. The molecule has 166 valence electrons. The summed E-state index contributed by atoms with van der Waals surface area (Å²) in [4.78, 5) is 19.8. The van der Waals surface area contributed by atoms with Gasteiger partial charge in [-0.05, 0) is 12.8 Å². The molecule has 1 amide bonds. The van der Waals surface area contributed by atoms with E-state index in [1.165, 1.54) is 13.2 Å². The van der Waals surface area contributed by atoms with Crippen LogP contribution in [0.3, 0.4) is 0 Å². The van der Waals surface area contributed by atoms with E-state index in [2.05, 4.69) is 9.67 Å². The molecule has 2 aromatic rings. The minimum absolute atomic E-state index is 0.202. The summed E-state index contributed by atoms with van der Waals surface area (Å²) in [6.45, 7) is 3.16. The van der Waals surface area contributed by atoms with Gasteiger partial charge in [0.1, 0.15) is 12.3 Å². The maximum atomic E-state index is 14.3. The number of fused-ring (bicyclic) bond motifs is 2. The molecule has 0 spiro atoms. The lowest BCUT2D eigenvalue weighted by molar-refractivity contribution is 0.0649. The van der Waals surface area contributed by atoms with Crippen molar-refractivity contribution in [2.24, 2.45) is 0 Å². The van der Waals surface area contributed by atoms with Gasteiger partial charge in [-0.1, -0.05) is 0 Å². The minimum atomic E-state index is -0.608. The molecular formula is C20H25FN6O4. The molecule has 11 heteroatoms. The highest BCUT2D eigenvalue weighted by Crippen LogP contribution is 2.41. The number of pyridine rings is 1. The summed E-state index contributed by atoms with van der Waals surface area (Å²) in [5, 5.41) is 4.98. The van der Waals surface area contributed by atoms with Gasteiger partial charge in [-0.25, -0.2) is 9.18 Å². The number of rotatable bonds is 2. The van der Waals surface area contributed by atoms with Gasteiger partial charge in [0.05, 0.1) is 26.2 Å². The van der Waals surface area contributed by atoms with Gasteiger partial charge in [-0.15, -0.1) is 0 Å². The molecule has 10 nitrogen and oxygen atoms in total. The van der Waals surface area contributed by atoms with Gasteiger partial charge in [0.25, 0.3) is 0 Å². The van der Waals surface area contributed by atoms with Crippen LogP contribution in [-0.2, 0) is 22.4 Å². The van der Waals surface area contributed by atoms with E-state index in [0.717, 1.165) is 24.1 Å². The zero-order chi connectivity index (χ0) is 21.5. The second kappa shape index (κ2) is 7.88. The number of hydrogen-bond donors (Lipinski definition) is 1. The summed E-state index contributed by atoms with van der Waals surface area (Å²) >= 11 is 0. The topological polar surface area (TPSA) is 108 Å². The second-order valence-corrected chi connectivity index (χ2v) is 7.86. The lowest BCUT2D eigenvalue weighted by Crippen LogP contribution is -2.37. The van der Waals surface area contributed by atoms with E-state index in [1.54, 1.807) is 4.90 Å². The Labute approximate surface area is 178 Å². The first-order valence-corrected chi connectivity index (χ1v) is 10.4. The molecule has 0 aliphatic carbocycles. The molecule has 0 radical (unpaired) electrons. The van der Waals surface area contributed by atoms with E-state index < -0.39 is 5.82 Å². The Morgan fingerprint density at radius 2 is 2.10 bits per heavy atom. The zero-order valence-electron chi connectivity index (χ0n) is 17.3. The Morgan fingerprint density at radius 1 is 1.29 bits per heavy atom. The number of halogens is 1. The van der Waals surface area contributed by atoms with Crippen molar-refractivity contribution in [1.82, 2.24) is 19.7 Å². The van der Waals surface area contributed by atoms with Crippen LogP contribution < -0.4 is 15.4 Å². The fourth-order valence-corrected chi connectivity index (χ4v) is 4.51. The molecule has 0 atom stereocenters. The average Bonchev–Trinajstić information content (AvgIpc) is 3.18. The van der Waals surface area contributed by atoms with Gasteiger partial charge in [0.2, 0.25) is 5.88 Å². The maximum Gasteiger partial charge on any atom is 0.409 e. The lowest BCUT2D eigenvalue weighted by Gasteiger charge is -2.31. The van der Waals surface area contributed by atoms with E-state index >= 15 is 0 Å². The van der Waals surface area contributed by atoms with Crippen molar-refractivity contribution < 1.29 is 23.4 Å². The second-order valence-electron chi connectivity index (χ2n) is 7.86. The van der Waals surface area contributed by atoms with Crippen molar-refractivity contribution >= 4 is 23.4 Å². The highest BCUT2D eigenvalue weighted by Gasteiger charge is 2.35. The quantitative estimate of drug-likeness (QED) is 0.768. The highest BCUT2D eigenvalue weighted by molar-refractivity contribution is 5.72. The van der Waals surface area contributed by atoms with Gasteiger partial charge < -0.3 is 29.7 Å². The predicted molar refractivity (Wildman–Crippen MR) is 109 cm³/mol. The zero-order valence-corrected chi connectivity index (χ0v) is 17.3. The number of anilines is 3. The fourth-order valence-electron chi connectivity index (χ4n) is 4.51. The van der Waals surface area contributed by atoms with Crippen molar-refractivity contribution in [3.05, 3.63) is 23.1 Å². The number of hydrogen-bond acceptors (Lipinski definition) is 8. The Hall–Kier alpha value is -3.08. The monoisotopic (exact) mass is 432 g/mol. The SMILES string of the molecule is COC(=O)N1CCc2c(c(N3CCOc4nc(N)c(F)cc43)nn2C2CCOCC2)C1. The smallest absolute Gasteiger partial charge is 0.409 e. The highest BCUT2D eigenvalue weighted by atomic mass is 19.1. The number of nitrogens with two attached hydrogens (primary N) is 1. The summed E-state index contributed by atoms with van der Waals surface area (Å²) in [6, 6.07) is 1.56. The van der Waals surface area contributed by atoms with Gasteiger partial charge in [0, 0.05) is 43.5 Å². The molecule has 2 aromatic heterocycles. The Balaban J connectivity index is 1.60. The van der Waals surface area contributed by atoms with Crippen LogP contribution in [0.25, 0.3) is 0 Å². The molecule has 0 saturated carbocycles. The van der Waals surface area contributed by atoms with Crippen molar-refractivity contribution in [2.75, 3.05) is 50.7 Å². The van der Waals surface area contributed by atoms with E-state index in [9.17, 15) is 9.18 Å². The maximum absolute atomic E-state index is 14.3. The summed E-state index contributed by atoms with van der Waals surface area (Å²) in [6.07, 6.45) is 2.04. The van der Waals surface area contributed by atoms with Gasteiger partial charge >= 0.3 is 6.09 Å². The Kier molecular flexibility index (Phi) is 5.05. The summed E-state index contributed by atoms with van der Waals surface area (Å²) in [7, 11) is 1.38. The first-order chi connectivity index (χ1) is 15.1. The van der Waals surface area contributed by atoms with Crippen molar-refractivity contribution in [2.45, 2.75) is 31.8 Å². The molecular weight excluding hydrogens is 407 g/mol. The standard InChI is InChI=1S/C20H25FN6O4/c1-29-20(28)25-5-2-15-13(11-25)18(24-27(15)12-3-7-30-8-4-12)26-6-9-31-19-16(26)10-14(21)17(22)23-19/h10,12H,2-9,11H2,1H3,(H2,22,23). The van der Waals surface area contributed by atoms with Crippen LogP contribution in [0.4, 0.5) is 26.5 Å². The third-order valence-corrected chi connectivity index (χ3v) is 6.08. The van der Waals surface area contributed by atoms with Crippen LogP contribution in [0.1, 0.15) is 30.1 Å². The van der Waals surface area contributed by atoms with Crippen molar-refractivity contribution in [1.29, 1.82) is 0 Å². The summed E-state index contributed by atoms with van der Waals surface area (Å²) in [5.74, 6) is 0.154. The Bertz CT molecular complexity index is 1010. The molecule has 1 saturated heterocycles. The van der Waals surface area contributed by atoms with Crippen LogP contribution in [0, 0.1) is 5.82 Å². The summed E-state index contributed by atoms with van der Waals surface area (Å²) < 4.78 is 32.4. The summed E-state index contributed by atoms with van der Waals surface area (Å²) in [5.41, 5.74) is 8.15. The third-order valence-electron chi connectivity index (χ3n) is 6.08. The van der Waals surface area contributed by atoms with Crippen LogP contribution in [0.2, 0.25) is 0 Å². The number of carbonyl (C=O) groups excluding carboxylic acids is 1. The predicted octanol–water partition coefficient (Wildman–Crippen LogP) is 2.01. The fraction of sp³-hybridized carbons (Fsp3) is 0.550. The number of methoxy groups -OCH3 is 1. The minimum Gasteiger partial charge on any atom is -0.474 e. The largest absolute Gasteiger partial charge is 0.474 e. The average molecular weight is 432 g/mol. The van der Waals surface area contributed by atoms with Gasteiger partial charge in [-0.3, -0.25) is 4.68 Å². The van der Waals surface area contributed by atoms with E-state index in [-0.39, 0.29) is 23.8 Å². The molecule has 5 heterocycles.